The Kier molecular flexibility index (Phi) is 4.36. The van der Waals surface area contributed by atoms with Gasteiger partial charge >= 0.3 is 0 Å². The van der Waals surface area contributed by atoms with Gasteiger partial charge in [0.05, 0.1) is 17.6 Å². The van der Waals surface area contributed by atoms with Crippen molar-refractivity contribution < 1.29 is 9.84 Å². The smallest absolute Gasteiger partial charge is 0.214 e. The molecule has 0 aliphatic carbocycles. The number of nitrogen functional groups attached to an aromatic ring is 1. The zero-order valence-electron chi connectivity index (χ0n) is 14.8. The molecule has 10 heteroatoms. The molecule has 2 N–H and O–H groups in total. The number of rotatable bonds is 4. The highest BCUT2D eigenvalue weighted by molar-refractivity contribution is 7.89. The molecule has 0 unspecified atom stereocenters. The molecule has 0 amide bonds. The van der Waals surface area contributed by atoms with Crippen molar-refractivity contribution in [2.45, 2.75) is 13.3 Å². The number of aromatic nitrogens is 5. The summed E-state index contributed by atoms with van der Waals surface area (Å²) in [5, 5.41) is 4.40. The van der Waals surface area contributed by atoms with Gasteiger partial charge in [0, 0.05) is 20.7 Å². The number of fused-ring (bicyclic) bond motifs is 1. The topological polar surface area (TPSA) is 119 Å². The third-order valence-corrected chi connectivity index (χ3v) is 6.36. The van der Waals surface area contributed by atoms with E-state index in [4.69, 9.17) is 5.73 Å². The van der Waals surface area contributed by atoms with Gasteiger partial charge in [-0.25, -0.2) is 27.9 Å². The predicted molar refractivity (Wildman–Crippen MR) is 104 cm³/mol. The van der Waals surface area contributed by atoms with E-state index >= 15 is 0 Å². The Morgan fingerprint density at radius 1 is 1.30 bits per heavy atom. The van der Waals surface area contributed by atoms with Gasteiger partial charge in [0.2, 0.25) is 15.8 Å². The van der Waals surface area contributed by atoms with Gasteiger partial charge in [0.15, 0.2) is 17.2 Å². The van der Waals surface area contributed by atoms with Crippen LogP contribution in [0.25, 0.3) is 22.7 Å². The highest BCUT2D eigenvalue weighted by Crippen LogP contribution is 2.26. The molecular weight excluding hydrogens is 366 g/mol. The van der Waals surface area contributed by atoms with Crippen LogP contribution in [-0.2, 0) is 10.0 Å². The van der Waals surface area contributed by atoms with E-state index in [0.717, 1.165) is 5.57 Å². The summed E-state index contributed by atoms with van der Waals surface area (Å²) in [4.78, 5) is 13.3. The van der Waals surface area contributed by atoms with Crippen molar-refractivity contribution in [1.82, 2.24) is 28.9 Å². The molecule has 0 saturated heterocycles. The first kappa shape index (κ1) is 17.6. The van der Waals surface area contributed by atoms with Gasteiger partial charge in [-0.15, -0.1) is 5.10 Å². The summed E-state index contributed by atoms with van der Waals surface area (Å²) >= 11 is 0. The van der Waals surface area contributed by atoms with Gasteiger partial charge in [0.1, 0.15) is 0 Å². The average Bonchev–Trinajstić information content (AvgIpc) is 3.12. The summed E-state index contributed by atoms with van der Waals surface area (Å²) in [5.74, 6) is 0.752. The first-order chi connectivity index (χ1) is 13.0. The lowest BCUT2D eigenvalue weighted by Crippen LogP contribution is -2.35. The lowest BCUT2D eigenvalue weighted by atomic mass is 10.1. The minimum atomic E-state index is -3.19. The van der Waals surface area contributed by atoms with Crippen LogP contribution in [0.5, 0.6) is 0 Å². The van der Waals surface area contributed by atoms with E-state index in [1.807, 2.05) is 24.3 Å². The van der Waals surface area contributed by atoms with Crippen LogP contribution in [-0.4, -0.2) is 56.1 Å². The normalized spacial score (nSPS) is 15.8. The Hall–Kier alpha value is -2.85. The Morgan fingerprint density at radius 3 is 2.85 bits per heavy atom. The van der Waals surface area contributed by atoms with Crippen LogP contribution in [0.4, 0.5) is 5.82 Å². The fraction of sp³-hybridized carbons (Fsp3) is 0.294. The highest BCUT2D eigenvalue weighted by Gasteiger charge is 2.24. The first-order valence-corrected chi connectivity index (χ1v) is 10.2. The monoisotopic (exact) mass is 387 g/mol. The van der Waals surface area contributed by atoms with Crippen molar-refractivity contribution >= 4 is 27.1 Å². The second-order valence-electron chi connectivity index (χ2n) is 6.17. The van der Waals surface area contributed by atoms with Gasteiger partial charge in [-0.05, 0) is 31.1 Å². The van der Waals surface area contributed by atoms with Crippen molar-refractivity contribution in [3.63, 3.8) is 0 Å². The molecule has 0 bridgehead atoms. The van der Waals surface area contributed by atoms with Crippen LogP contribution in [0.2, 0.25) is 0 Å². The molecular formula is C17H21N7O2S. The second-order valence-corrected chi connectivity index (χ2v) is 8.42. The fourth-order valence-corrected chi connectivity index (χ4v) is 4.00. The number of hydrogen-bond donors (Lipinski definition) is 1. The summed E-state index contributed by atoms with van der Waals surface area (Å²) in [5.41, 5.74) is 8.71. The molecule has 0 radical (unpaired) electrons. The van der Waals surface area contributed by atoms with E-state index in [-0.39, 0.29) is 13.0 Å². The van der Waals surface area contributed by atoms with Crippen LogP contribution in [0.1, 0.15) is 20.5 Å². The van der Waals surface area contributed by atoms with Crippen molar-refractivity contribution in [2.24, 2.45) is 0 Å². The van der Waals surface area contributed by atoms with E-state index in [9.17, 15) is 8.42 Å². The van der Waals surface area contributed by atoms with Gasteiger partial charge < -0.3 is 5.73 Å². The Bertz CT molecular complexity index is 1110. The molecule has 3 aromatic heterocycles. The number of anilines is 1. The largest absolute Gasteiger partial charge is 0.382 e. The van der Waals surface area contributed by atoms with Crippen molar-refractivity contribution in [3.05, 3.63) is 42.4 Å². The van der Waals surface area contributed by atoms with Gasteiger partial charge in [-0.2, -0.15) is 4.31 Å². The summed E-state index contributed by atoms with van der Waals surface area (Å²) in [7, 11) is -3.19. The molecule has 9 nitrogen and oxygen atoms in total. The molecule has 0 aromatic carbocycles. The Morgan fingerprint density at radius 2 is 2.15 bits per heavy atom. The average molecular weight is 387 g/mol. The molecule has 0 saturated carbocycles. The summed E-state index contributed by atoms with van der Waals surface area (Å²) in [6.45, 7) is 2.41. The SMILES string of the molecule is CCS(=O)(=O)N1CC=C(c2cnc(N)c(-c3nc4ccccn4n3)n2)CC1.[HH]. The maximum atomic E-state index is 12.0. The molecule has 0 spiro atoms. The Balaban J connectivity index is 0.00000225. The zero-order chi connectivity index (χ0) is 19.0. The number of nitrogens with two attached hydrogens (primary N) is 1. The standard InChI is InChI=1S/C17H19N7O2S.H2/c1-2-27(25,26)23-9-6-12(7-10-23)13-11-19-16(18)15(20-13)17-21-14-5-3-4-8-24(14)22-17;/h3-6,8,11H,2,7,9-10H2,1H3,(H2,18,19);1H. The molecule has 1 aliphatic heterocycles. The molecule has 3 aromatic rings. The first-order valence-electron chi connectivity index (χ1n) is 8.59. The van der Waals surface area contributed by atoms with Crippen LogP contribution in [0, 0.1) is 0 Å². The van der Waals surface area contributed by atoms with E-state index in [1.54, 1.807) is 23.8 Å². The van der Waals surface area contributed by atoms with Crippen LogP contribution < -0.4 is 5.73 Å². The highest BCUT2D eigenvalue weighted by atomic mass is 32.2. The van der Waals surface area contributed by atoms with Crippen LogP contribution >= 0.6 is 0 Å². The molecule has 1 aliphatic rings. The second kappa shape index (κ2) is 6.71. The van der Waals surface area contributed by atoms with Gasteiger partial charge in [-0.3, -0.25) is 0 Å². The Labute approximate surface area is 158 Å². The summed E-state index contributed by atoms with van der Waals surface area (Å²) in [6, 6.07) is 5.58. The van der Waals surface area contributed by atoms with Crippen molar-refractivity contribution in [1.29, 1.82) is 0 Å². The maximum Gasteiger partial charge on any atom is 0.214 e. The lowest BCUT2D eigenvalue weighted by molar-refractivity contribution is 0.442. The van der Waals surface area contributed by atoms with Crippen molar-refractivity contribution in [2.75, 3.05) is 24.6 Å². The zero-order valence-corrected chi connectivity index (χ0v) is 15.6. The number of sulfonamides is 1. The van der Waals surface area contributed by atoms with E-state index in [1.165, 1.54) is 4.31 Å². The molecule has 4 rings (SSSR count). The van der Waals surface area contributed by atoms with Crippen LogP contribution in [0.3, 0.4) is 0 Å². The van der Waals surface area contributed by atoms with Crippen LogP contribution in [0.15, 0.2) is 36.7 Å². The van der Waals surface area contributed by atoms with Gasteiger partial charge in [0.25, 0.3) is 0 Å². The fourth-order valence-electron chi connectivity index (χ4n) is 2.97. The van der Waals surface area contributed by atoms with Crippen molar-refractivity contribution in [3.8, 4) is 11.5 Å². The van der Waals surface area contributed by atoms with E-state index in [0.29, 0.717) is 42.4 Å². The molecule has 4 heterocycles. The molecule has 0 atom stereocenters. The quantitative estimate of drug-likeness (QED) is 0.719. The minimum absolute atomic E-state index is 0. The third kappa shape index (κ3) is 3.28. The molecule has 142 valence electrons. The van der Waals surface area contributed by atoms with E-state index in [2.05, 4.69) is 20.1 Å². The summed E-state index contributed by atoms with van der Waals surface area (Å²) in [6.07, 6.45) is 5.84. The number of pyridine rings is 1. The van der Waals surface area contributed by atoms with Gasteiger partial charge in [-0.1, -0.05) is 12.1 Å². The maximum absolute atomic E-state index is 12.0. The summed E-state index contributed by atoms with van der Waals surface area (Å²) < 4.78 is 27.1. The third-order valence-electron chi connectivity index (χ3n) is 4.51. The molecule has 27 heavy (non-hydrogen) atoms. The predicted octanol–water partition coefficient (Wildman–Crippen LogP) is 1.45. The lowest BCUT2D eigenvalue weighted by Gasteiger charge is -2.25. The van der Waals surface area contributed by atoms with E-state index < -0.39 is 10.0 Å². The number of hydrogen-bond acceptors (Lipinski definition) is 7. The molecule has 0 fully saturated rings. The number of nitrogens with zero attached hydrogens (tertiary/aromatic N) is 6. The minimum Gasteiger partial charge on any atom is -0.382 e.